The highest BCUT2D eigenvalue weighted by Crippen LogP contribution is 2.33. The van der Waals surface area contributed by atoms with E-state index in [1.807, 2.05) is 220 Å². The molecule has 5 aromatic carbocycles. The van der Waals surface area contributed by atoms with Gasteiger partial charge < -0.3 is 99.5 Å². The van der Waals surface area contributed by atoms with Gasteiger partial charge in [0.1, 0.15) is 42.0 Å². The van der Waals surface area contributed by atoms with Crippen LogP contribution in [0.1, 0.15) is 133 Å². The van der Waals surface area contributed by atoms with Crippen LogP contribution in [0.4, 0.5) is 0 Å². The molecule has 22 nitrogen and oxygen atoms in total. The monoisotopic (exact) mass is 1490 g/mol. The third-order valence-corrected chi connectivity index (χ3v) is 29.0. The molecule has 0 atom stereocenters. The second kappa shape index (κ2) is 52.8. The molecule has 0 radical (unpaired) electrons. The smallest absolute Gasteiger partial charge is 0.497 e. The first-order chi connectivity index (χ1) is 48.5. The molecule has 1 aliphatic rings. The average molecular weight is 1490 g/mol. The first-order valence-corrected chi connectivity index (χ1v) is 44.8. The molecule has 100 heavy (non-hydrogen) atoms. The minimum absolute atomic E-state index is 0.553. The Morgan fingerprint density at radius 2 is 0.600 bits per heavy atom. The van der Waals surface area contributed by atoms with Gasteiger partial charge in [0.05, 0.1) is 34.2 Å². The summed E-state index contributed by atoms with van der Waals surface area (Å²) in [6, 6.07) is 37.9. The predicted octanol–water partition coefficient (Wildman–Crippen LogP) is 13.9. The van der Waals surface area contributed by atoms with Crippen molar-refractivity contribution in [3.05, 3.63) is 144 Å². The summed E-state index contributed by atoms with van der Waals surface area (Å²) in [5.41, 5.74) is 4.40. The highest BCUT2D eigenvalue weighted by Gasteiger charge is 2.45. The van der Waals surface area contributed by atoms with Crippen LogP contribution in [0.3, 0.4) is 0 Å². The summed E-state index contributed by atoms with van der Waals surface area (Å²) in [7, 11) is -8.48. The number of ether oxygens (including phenoxy) is 7. The molecule has 0 unspecified atom stereocenters. The van der Waals surface area contributed by atoms with Gasteiger partial charge in [0.25, 0.3) is 0 Å². The topological polar surface area (TPSA) is 203 Å². The number of benzene rings is 5. The third-order valence-electron chi connectivity index (χ3n) is 13.9. The van der Waals surface area contributed by atoms with Crippen LogP contribution in [0.5, 0.6) is 40.2 Å². The molecule has 0 saturated heterocycles. The fourth-order valence-corrected chi connectivity index (χ4v) is 23.2. The van der Waals surface area contributed by atoms with Crippen LogP contribution < -0.4 is 38.3 Å². The highest BCUT2D eigenvalue weighted by molar-refractivity contribution is 6.75. The van der Waals surface area contributed by atoms with E-state index in [9.17, 15) is 0 Å². The molecule has 1 heterocycles. The van der Waals surface area contributed by atoms with Crippen molar-refractivity contribution in [2.45, 2.75) is 135 Å². The van der Waals surface area contributed by atoms with Gasteiger partial charge in [-0.3, -0.25) is 0 Å². The Labute approximate surface area is 605 Å². The van der Waals surface area contributed by atoms with E-state index in [0.717, 1.165) is 67.7 Å². The molecule has 0 saturated carbocycles. The molecule has 0 aliphatic carbocycles. The van der Waals surface area contributed by atoms with Gasteiger partial charge in [-0.2, -0.15) is 0 Å². The van der Waals surface area contributed by atoms with Crippen molar-refractivity contribution in [1.29, 1.82) is 0 Å². The fraction of sp³-hybridized carbons (Fsp3) is 0.562. The first-order valence-electron chi connectivity index (χ1n) is 35.4. The Kier molecular flexibility index (Phi) is 48.1. The van der Waals surface area contributed by atoms with Gasteiger partial charge in [-0.25, -0.2) is 0 Å². The Morgan fingerprint density at radius 1 is 0.300 bits per heavy atom. The van der Waals surface area contributed by atoms with Crippen molar-refractivity contribution in [2.75, 3.05) is 140 Å². The van der Waals surface area contributed by atoms with Crippen molar-refractivity contribution in [3.8, 4) is 40.2 Å². The van der Waals surface area contributed by atoms with E-state index in [2.05, 4.69) is 6.58 Å². The summed E-state index contributed by atoms with van der Waals surface area (Å²) in [5, 5.41) is 0.939. The van der Waals surface area contributed by atoms with Crippen molar-refractivity contribution in [2.24, 2.45) is 0 Å². The maximum atomic E-state index is 5.88. The van der Waals surface area contributed by atoms with Gasteiger partial charge in [0, 0.05) is 135 Å². The van der Waals surface area contributed by atoms with E-state index in [4.69, 9.17) is 99.5 Å². The molecule has 0 spiro atoms. The number of fused-ring (bicyclic) bond motifs is 1. The van der Waals surface area contributed by atoms with E-state index in [1.54, 1.807) is 21.3 Å². The Hall–Kier alpha value is -5.08. The SMILES string of the molecule is C=COc1ccc([Si](OCC)(OCC)OCC)cc1.CCO[Si](Cc1cc(OC)cc(OC)c1)(OCC)OCC.CCO[Si](Cc1ccc(OC)cc1)(OCC)OCC.CCO[Si](Cc1ccc2c(c1)OCCO2)(OCC)OCC.CCOc1ccc(C[Si](OCC)(OCC)OCC)cc1. The molecule has 6 rings (SSSR count). The minimum Gasteiger partial charge on any atom is -0.497 e. The van der Waals surface area contributed by atoms with Crippen LogP contribution in [-0.4, -0.2) is 184 Å². The van der Waals surface area contributed by atoms with Crippen LogP contribution in [0.15, 0.2) is 122 Å². The number of hydrogen-bond donors (Lipinski definition) is 0. The van der Waals surface area contributed by atoms with Gasteiger partial charge in [-0.05, 0) is 194 Å². The maximum Gasteiger partial charge on any atom is 0.537 e. The highest BCUT2D eigenvalue weighted by atomic mass is 28.4. The van der Waals surface area contributed by atoms with E-state index >= 15 is 0 Å². The minimum atomic E-state index is -2.80. The maximum absolute atomic E-state index is 5.88. The van der Waals surface area contributed by atoms with Gasteiger partial charge >= 0.3 is 44.0 Å². The Morgan fingerprint density at radius 3 is 0.920 bits per heavy atom. The molecule has 27 heteroatoms. The van der Waals surface area contributed by atoms with Gasteiger partial charge in [0.2, 0.25) is 0 Å². The van der Waals surface area contributed by atoms with E-state index in [1.165, 1.54) is 6.26 Å². The first kappa shape index (κ1) is 91.0. The largest absolute Gasteiger partial charge is 0.537 e. The number of rotatable bonds is 46. The van der Waals surface area contributed by atoms with Crippen LogP contribution in [0, 0.1) is 0 Å². The molecule has 566 valence electrons. The average Bonchev–Trinajstić information content (AvgIpc) is 0.836. The molecule has 1 aliphatic heterocycles. The number of methoxy groups -OCH3 is 3. The quantitative estimate of drug-likeness (QED) is 0.0262. The molecule has 0 aromatic heterocycles. The summed E-state index contributed by atoms with van der Waals surface area (Å²) in [5.74, 6) is 5.53. The summed E-state index contributed by atoms with van der Waals surface area (Å²) >= 11 is 0. The molecule has 0 bridgehead atoms. The van der Waals surface area contributed by atoms with Crippen LogP contribution in [-0.2, 0) is 90.6 Å². The third kappa shape index (κ3) is 32.7. The molecular formula is C73H122O22Si5. The lowest BCUT2D eigenvalue weighted by atomic mass is 10.2. The molecule has 0 N–H and O–H groups in total. The standard InChI is InChI=1S/C15H24O5Si.C15H26O5Si.C15H26O4Si.C14H24O4Si.C14H22O4Si/c1-4-18-21(19-5-2,20-6-3)12-13-7-8-14-15(11-13)17-10-9-16-14;1-6-18-21(19-7-2,20-8-3)12-13-9-14(16-4)11-15(10-13)17-5;1-5-16-15-11-9-14(10-12-15)13-20(17-6-2,18-7-3)19-8-4;1-5-16-19(17-6-2,18-7-3)12-13-8-10-14(15-4)11-9-13;1-5-15-13-9-11-14(12-10-13)19(16-6-2,17-7-3)18-8-4/h7-8,11H,4-6,9-10,12H2,1-3H3;9-11H,6-8,12H2,1-5H3;9-12H,5-8,13H2,1-4H3;8-11H,5-7,12H2,1-4H3;5,9-12H,1,6-8H2,2-4H3. The predicted molar refractivity (Wildman–Crippen MR) is 402 cm³/mol. The van der Waals surface area contributed by atoms with E-state index in [-0.39, 0.29) is 0 Å². The zero-order valence-electron chi connectivity index (χ0n) is 63.7. The van der Waals surface area contributed by atoms with Crippen molar-refractivity contribution in [1.82, 2.24) is 0 Å². The van der Waals surface area contributed by atoms with Crippen LogP contribution >= 0.6 is 0 Å². The lowest BCUT2D eigenvalue weighted by Gasteiger charge is -2.29. The Bertz CT molecular complexity index is 2760. The van der Waals surface area contributed by atoms with Gasteiger partial charge in [-0.15, -0.1) is 0 Å². The number of hydrogen-bond acceptors (Lipinski definition) is 22. The second-order valence-electron chi connectivity index (χ2n) is 20.9. The summed E-state index contributed by atoms with van der Waals surface area (Å²) in [4.78, 5) is 0. The normalized spacial score (nSPS) is 12.1. The summed E-state index contributed by atoms with van der Waals surface area (Å²) in [6.45, 7) is 45.4. The lowest BCUT2D eigenvalue weighted by Crippen LogP contribution is -2.56. The zero-order valence-corrected chi connectivity index (χ0v) is 68.7. The molecule has 5 aromatic rings. The van der Waals surface area contributed by atoms with Gasteiger partial charge in [0.15, 0.2) is 11.5 Å². The Balaban J connectivity index is 0.000000425. The van der Waals surface area contributed by atoms with Crippen molar-refractivity contribution < 1.29 is 99.5 Å². The zero-order chi connectivity index (χ0) is 74.0. The second-order valence-corrected chi connectivity index (χ2v) is 33.8. The summed E-state index contributed by atoms with van der Waals surface area (Å²) in [6.07, 6.45) is 1.40. The van der Waals surface area contributed by atoms with E-state index < -0.39 is 44.0 Å². The van der Waals surface area contributed by atoms with Crippen LogP contribution in [0.2, 0.25) is 0 Å². The van der Waals surface area contributed by atoms with Crippen molar-refractivity contribution in [3.63, 3.8) is 0 Å². The fourth-order valence-electron chi connectivity index (χ4n) is 10.3. The molecule has 0 fully saturated rings. The molecule has 0 amide bonds. The molecular weight excluding hydrogens is 1370 g/mol. The van der Waals surface area contributed by atoms with Crippen molar-refractivity contribution >= 4 is 49.2 Å². The van der Waals surface area contributed by atoms with Gasteiger partial charge in [-0.1, -0.05) is 49.0 Å². The summed E-state index contributed by atoms with van der Waals surface area (Å²) < 4.78 is 125. The van der Waals surface area contributed by atoms with Crippen LogP contribution in [0.25, 0.3) is 0 Å². The lowest BCUT2D eigenvalue weighted by molar-refractivity contribution is 0.0695. The van der Waals surface area contributed by atoms with E-state index in [0.29, 0.717) is 143 Å².